The molecule has 5 rings (SSSR count). The summed E-state index contributed by atoms with van der Waals surface area (Å²) in [7, 11) is 4.29. The van der Waals surface area contributed by atoms with Gasteiger partial charge in [0.2, 0.25) is 0 Å². The van der Waals surface area contributed by atoms with Gasteiger partial charge in [0.15, 0.2) is 0 Å². The first-order valence-electron chi connectivity index (χ1n) is 8.49. The first-order valence-corrected chi connectivity index (χ1v) is 8.49. The van der Waals surface area contributed by atoms with E-state index in [1.807, 2.05) is 11.7 Å². The molecule has 118 valence electrons. The van der Waals surface area contributed by atoms with E-state index in [0.29, 0.717) is 17.9 Å². The van der Waals surface area contributed by atoms with Gasteiger partial charge in [0.1, 0.15) is 0 Å². The predicted molar refractivity (Wildman–Crippen MR) is 91.7 cm³/mol. The van der Waals surface area contributed by atoms with E-state index in [0.717, 1.165) is 13.0 Å². The average Bonchev–Trinajstić information content (AvgIpc) is 3.16. The highest BCUT2D eigenvalue weighted by Crippen LogP contribution is 2.46. The van der Waals surface area contributed by atoms with Gasteiger partial charge in [-0.15, -0.1) is 0 Å². The van der Waals surface area contributed by atoms with Crippen LogP contribution in [-0.4, -0.2) is 39.3 Å². The highest BCUT2D eigenvalue weighted by Gasteiger charge is 2.40. The van der Waals surface area contributed by atoms with Crippen molar-refractivity contribution in [1.82, 2.24) is 19.7 Å². The number of aryl methyl sites for hydroxylation is 1. The molecule has 2 aromatic heterocycles. The van der Waals surface area contributed by atoms with Gasteiger partial charge in [0, 0.05) is 54.8 Å². The topological polar surface area (TPSA) is 36.9 Å². The Hall–Kier alpha value is -2.07. The van der Waals surface area contributed by atoms with Crippen LogP contribution in [0.2, 0.25) is 0 Å². The molecule has 0 unspecified atom stereocenters. The van der Waals surface area contributed by atoms with Crippen molar-refractivity contribution in [3.63, 3.8) is 0 Å². The quantitative estimate of drug-likeness (QED) is 0.750. The number of piperidine rings is 1. The van der Waals surface area contributed by atoms with E-state index in [2.05, 4.69) is 58.7 Å². The molecule has 3 atom stereocenters. The maximum Gasteiger partial charge on any atom is 0.0668 e. The number of benzene rings is 1. The van der Waals surface area contributed by atoms with Crippen LogP contribution in [0.1, 0.15) is 35.1 Å². The van der Waals surface area contributed by atoms with Gasteiger partial charge in [-0.05, 0) is 43.1 Å². The molecular weight excluding hydrogens is 284 g/mol. The number of likely N-dealkylation sites (tertiary alicyclic amines) is 1. The summed E-state index contributed by atoms with van der Waals surface area (Å²) < 4.78 is 1.92. The number of aromatic amines is 1. The molecule has 0 bridgehead atoms. The van der Waals surface area contributed by atoms with Crippen molar-refractivity contribution in [3.05, 3.63) is 53.5 Å². The number of aromatic nitrogens is 3. The van der Waals surface area contributed by atoms with E-state index in [9.17, 15) is 0 Å². The lowest BCUT2D eigenvalue weighted by Gasteiger charge is -2.45. The van der Waals surface area contributed by atoms with Crippen molar-refractivity contribution in [3.8, 4) is 0 Å². The minimum atomic E-state index is 0.526. The van der Waals surface area contributed by atoms with Crippen LogP contribution in [0.5, 0.6) is 0 Å². The Balaban J connectivity index is 1.59. The van der Waals surface area contributed by atoms with Gasteiger partial charge >= 0.3 is 0 Å². The molecule has 23 heavy (non-hydrogen) atoms. The number of nitrogens with zero attached hydrogens (tertiary/aromatic N) is 3. The lowest BCUT2D eigenvalue weighted by Crippen LogP contribution is -2.47. The maximum absolute atomic E-state index is 4.67. The maximum atomic E-state index is 4.67. The number of rotatable bonds is 1. The third-order valence-electron chi connectivity index (χ3n) is 5.88. The summed E-state index contributed by atoms with van der Waals surface area (Å²) in [6.45, 7) is 1.11. The standard InChI is InChI=1S/C19H22N4/c1-22-11-13(16-6-7-23(2)21-16)8-15-14-4-3-5-17-19(14)12(10-20-17)9-18(15)22/h3-7,10,13,15,18,20H,8-9,11H2,1-2H3/t13-,15-,18-/m1/s1. The van der Waals surface area contributed by atoms with Crippen LogP contribution in [0.4, 0.5) is 0 Å². The van der Waals surface area contributed by atoms with Crippen molar-refractivity contribution in [2.45, 2.75) is 30.7 Å². The Morgan fingerprint density at radius 3 is 2.96 bits per heavy atom. The fraction of sp³-hybridized carbons (Fsp3) is 0.421. The van der Waals surface area contributed by atoms with Gasteiger partial charge in [-0.25, -0.2) is 0 Å². The highest BCUT2D eigenvalue weighted by molar-refractivity contribution is 5.88. The monoisotopic (exact) mass is 306 g/mol. The number of nitrogens with one attached hydrogen (secondary N) is 1. The molecule has 1 fully saturated rings. The molecule has 0 amide bonds. The average molecular weight is 306 g/mol. The molecule has 0 spiro atoms. The molecule has 4 heteroatoms. The molecule has 0 radical (unpaired) electrons. The summed E-state index contributed by atoms with van der Waals surface area (Å²) in [6, 6.07) is 9.54. The first-order chi connectivity index (χ1) is 11.2. The summed E-state index contributed by atoms with van der Waals surface area (Å²) >= 11 is 0. The minimum Gasteiger partial charge on any atom is -0.361 e. The summed E-state index contributed by atoms with van der Waals surface area (Å²) in [5.74, 6) is 1.13. The summed E-state index contributed by atoms with van der Waals surface area (Å²) in [6.07, 6.45) is 6.64. The second-order valence-electron chi connectivity index (χ2n) is 7.25. The largest absolute Gasteiger partial charge is 0.361 e. The first kappa shape index (κ1) is 13.4. The SMILES string of the molecule is CN1C[C@H](c2ccn(C)n2)C[C@@H]2c3cccc4[nH]cc(c34)C[C@H]21. The van der Waals surface area contributed by atoms with Crippen LogP contribution < -0.4 is 0 Å². The number of hydrogen-bond donors (Lipinski definition) is 1. The molecule has 3 heterocycles. The van der Waals surface area contributed by atoms with Gasteiger partial charge in [-0.2, -0.15) is 5.10 Å². The molecule has 1 saturated heterocycles. The van der Waals surface area contributed by atoms with E-state index in [1.54, 1.807) is 0 Å². The fourth-order valence-electron chi connectivity index (χ4n) is 4.81. The second kappa shape index (κ2) is 4.71. The van der Waals surface area contributed by atoms with Crippen LogP contribution in [0, 0.1) is 0 Å². The molecule has 1 aliphatic carbocycles. The molecule has 0 saturated carbocycles. The zero-order valence-electron chi connectivity index (χ0n) is 13.7. The fourth-order valence-corrected chi connectivity index (χ4v) is 4.81. The molecule has 1 aromatic carbocycles. The van der Waals surface area contributed by atoms with Crippen LogP contribution in [0.25, 0.3) is 10.9 Å². The Morgan fingerprint density at radius 1 is 1.22 bits per heavy atom. The lowest BCUT2D eigenvalue weighted by molar-refractivity contribution is 0.138. The Bertz CT molecular complexity index is 875. The van der Waals surface area contributed by atoms with Crippen molar-refractivity contribution in [2.75, 3.05) is 13.6 Å². The molecule has 1 N–H and O–H groups in total. The third kappa shape index (κ3) is 1.91. The van der Waals surface area contributed by atoms with Crippen LogP contribution >= 0.6 is 0 Å². The smallest absolute Gasteiger partial charge is 0.0668 e. The van der Waals surface area contributed by atoms with E-state index >= 15 is 0 Å². The minimum absolute atomic E-state index is 0.526. The summed E-state index contributed by atoms with van der Waals surface area (Å²) in [5.41, 5.74) is 5.55. The normalized spacial score (nSPS) is 27.3. The number of fused-ring (bicyclic) bond motifs is 2. The van der Waals surface area contributed by atoms with Crippen molar-refractivity contribution in [2.24, 2.45) is 7.05 Å². The van der Waals surface area contributed by atoms with Gasteiger partial charge in [0.25, 0.3) is 0 Å². The van der Waals surface area contributed by atoms with E-state index in [1.165, 1.54) is 34.1 Å². The molecule has 1 aliphatic heterocycles. The van der Waals surface area contributed by atoms with Gasteiger partial charge in [-0.1, -0.05) is 12.1 Å². The second-order valence-corrected chi connectivity index (χ2v) is 7.25. The van der Waals surface area contributed by atoms with Gasteiger partial charge < -0.3 is 9.88 Å². The van der Waals surface area contributed by atoms with Crippen molar-refractivity contribution in [1.29, 1.82) is 0 Å². The van der Waals surface area contributed by atoms with Crippen LogP contribution in [-0.2, 0) is 13.5 Å². The number of hydrogen-bond acceptors (Lipinski definition) is 2. The number of H-pyrrole nitrogens is 1. The molecule has 4 nitrogen and oxygen atoms in total. The van der Waals surface area contributed by atoms with Crippen molar-refractivity contribution >= 4 is 10.9 Å². The lowest BCUT2D eigenvalue weighted by atomic mass is 9.72. The van der Waals surface area contributed by atoms with E-state index in [-0.39, 0.29) is 0 Å². The number of likely N-dealkylation sites (N-methyl/N-ethyl adjacent to an activating group) is 1. The molecule has 3 aromatic rings. The zero-order valence-corrected chi connectivity index (χ0v) is 13.7. The summed E-state index contributed by atoms with van der Waals surface area (Å²) in [5, 5.41) is 6.15. The van der Waals surface area contributed by atoms with E-state index in [4.69, 9.17) is 0 Å². The molecular formula is C19H22N4. The molecule has 2 aliphatic rings. The third-order valence-corrected chi connectivity index (χ3v) is 5.88. The predicted octanol–water partition coefficient (Wildman–Crippen LogP) is 3.03. The summed E-state index contributed by atoms with van der Waals surface area (Å²) in [4.78, 5) is 6.01. The van der Waals surface area contributed by atoms with Crippen molar-refractivity contribution < 1.29 is 0 Å². The van der Waals surface area contributed by atoms with E-state index < -0.39 is 0 Å². The Morgan fingerprint density at radius 2 is 2.13 bits per heavy atom. The Kier molecular flexibility index (Phi) is 2.74. The van der Waals surface area contributed by atoms with Crippen LogP contribution in [0.15, 0.2) is 36.7 Å². The van der Waals surface area contributed by atoms with Gasteiger partial charge in [0.05, 0.1) is 5.69 Å². The van der Waals surface area contributed by atoms with Crippen LogP contribution in [0.3, 0.4) is 0 Å². The van der Waals surface area contributed by atoms with Gasteiger partial charge in [-0.3, -0.25) is 4.68 Å². The Labute approximate surface area is 136 Å². The zero-order chi connectivity index (χ0) is 15.6. The highest BCUT2D eigenvalue weighted by atomic mass is 15.3.